The van der Waals surface area contributed by atoms with Crippen molar-refractivity contribution >= 4 is 28.6 Å². The fourth-order valence-corrected chi connectivity index (χ4v) is 1.41. The summed E-state index contributed by atoms with van der Waals surface area (Å²) in [6, 6.07) is 0.0382. The molecule has 0 saturated heterocycles. The van der Waals surface area contributed by atoms with Crippen molar-refractivity contribution in [1.29, 1.82) is 0 Å². The molecule has 0 aromatic carbocycles. The molecule has 0 amide bonds. The van der Waals surface area contributed by atoms with E-state index in [1.807, 2.05) is 13.8 Å². The van der Waals surface area contributed by atoms with Crippen LogP contribution in [0.2, 0.25) is 0 Å². The first-order chi connectivity index (χ1) is 5.72. The van der Waals surface area contributed by atoms with Crippen LogP contribution in [0, 0.1) is 0 Å². The van der Waals surface area contributed by atoms with Crippen LogP contribution in [-0.2, 0) is 0 Å². The van der Waals surface area contributed by atoms with E-state index in [0.717, 1.165) is 0 Å². The summed E-state index contributed by atoms with van der Waals surface area (Å²) in [4.78, 5) is 4.03. The molecule has 6 heteroatoms. The summed E-state index contributed by atoms with van der Waals surface area (Å²) in [5.41, 5.74) is 0. The van der Waals surface area contributed by atoms with Gasteiger partial charge in [-0.2, -0.15) is 0 Å². The third-order valence-electron chi connectivity index (χ3n) is 1.17. The molecule has 0 aliphatic carbocycles. The van der Waals surface area contributed by atoms with Gasteiger partial charge in [-0.3, -0.25) is 0 Å². The standard InChI is InChI=1S/C7H12F3N2.Sn/c1-5(2)12-6(3)11-4-7(8,9)10;/h5H,4H2,1-3H3;/q-1;+1. The number of hydrogen-bond donors (Lipinski definition) is 0. The van der Waals surface area contributed by atoms with Crippen molar-refractivity contribution in [3.63, 3.8) is 0 Å². The quantitative estimate of drug-likeness (QED) is 0.431. The van der Waals surface area contributed by atoms with E-state index in [1.54, 1.807) is 6.92 Å². The Kier molecular flexibility index (Phi) is 5.09. The van der Waals surface area contributed by atoms with Crippen molar-refractivity contribution in [2.75, 3.05) is 6.54 Å². The van der Waals surface area contributed by atoms with Gasteiger partial charge in [-0.15, -0.1) is 0 Å². The van der Waals surface area contributed by atoms with Crippen molar-refractivity contribution in [3.05, 3.63) is 0 Å². The molecule has 0 aliphatic rings. The number of amidine groups is 1. The van der Waals surface area contributed by atoms with Gasteiger partial charge in [-0.05, 0) is 0 Å². The number of aliphatic imine (C=N–C) groups is 1. The van der Waals surface area contributed by atoms with E-state index in [1.165, 1.54) is 3.12 Å². The summed E-state index contributed by atoms with van der Waals surface area (Å²) < 4.78 is 37.0. The molecule has 0 rings (SSSR count). The monoisotopic (exact) mass is 301 g/mol. The first-order valence-electron chi connectivity index (χ1n) is 3.82. The number of alkyl halides is 3. The first kappa shape index (κ1) is 13.1. The molecule has 0 atom stereocenters. The summed E-state index contributed by atoms with van der Waals surface area (Å²) in [6.45, 7) is 4.36. The third kappa shape index (κ3) is 7.15. The van der Waals surface area contributed by atoms with Gasteiger partial charge in [0, 0.05) is 0 Å². The molecular formula is C7H12F3N2Sn. The minimum atomic E-state index is -4.14. The van der Waals surface area contributed by atoms with Gasteiger partial charge in [0.2, 0.25) is 0 Å². The van der Waals surface area contributed by atoms with E-state index in [9.17, 15) is 13.2 Å². The zero-order valence-electron chi connectivity index (χ0n) is 7.81. The SMILES string of the molecule is CC(=NC(C)C)[N]([Sn])CC(F)(F)F. The Morgan fingerprint density at radius 2 is 1.92 bits per heavy atom. The van der Waals surface area contributed by atoms with Crippen molar-refractivity contribution in [2.45, 2.75) is 33.0 Å². The molecule has 0 heterocycles. The predicted molar refractivity (Wildman–Crippen MR) is 46.8 cm³/mol. The number of halogens is 3. The molecule has 0 aliphatic heterocycles. The Morgan fingerprint density at radius 3 is 2.23 bits per heavy atom. The molecule has 13 heavy (non-hydrogen) atoms. The van der Waals surface area contributed by atoms with E-state index in [0.29, 0.717) is 28.6 Å². The topological polar surface area (TPSA) is 15.6 Å². The van der Waals surface area contributed by atoms with Gasteiger partial charge in [0.1, 0.15) is 0 Å². The molecule has 2 nitrogen and oxygen atoms in total. The van der Waals surface area contributed by atoms with Gasteiger partial charge in [-0.25, -0.2) is 0 Å². The fraction of sp³-hybridized carbons (Fsp3) is 0.857. The molecule has 0 unspecified atom stereocenters. The van der Waals surface area contributed by atoms with Gasteiger partial charge in [0.15, 0.2) is 0 Å². The maximum absolute atomic E-state index is 11.9. The van der Waals surface area contributed by atoms with Crippen LogP contribution in [0.5, 0.6) is 0 Å². The Morgan fingerprint density at radius 1 is 1.46 bits per heavy atom. The van der Waals surface area contributed by atoms with Crippen LogP contribution in [0.1, 0.15) is 20.8 Å². The second-order valence-electron chi connectivity index (χ2n) is 2.97. The van der Waals surface area contributed by atoms with Crippen LogP contribution >= 0.6 is 0 Å². The number of nitrogens with zero attached hydrogens (tertiary/aromatic N) is 2. The van der Waals surface area contributed by atoms with E-state index >= 15 is 0 Å². The minimum absolute atomic E-state index is 0.0382. The average Bonchev–Trinajstić information content (AvgIpc) is 1.81. The normalized spacial score (nSPS) is 13.7. The van der Waals surface area contributed by atoms with Gasteiger partial charge < -0.3 is 0 Å². The molecule has 0 saturated carbocycles. The van der Waals surface area contributed by atoms with E-state index in [4.69, 9.17) is 0 Å². The summed E-state index contributed by atoms with van der Waals surface area (Å²) in [5, 5.41) is 0. The van der Waals surface area contributed by atoms with Crippen molar-refractivity contribution in [3.8, 4) is 0 Å². The molecule has 0 aromatic rings. The zero-order valence-corrected chi connectivity index (χ0v) is 10.7. The molecule has 0 bridgehead atoms. The Labute approximate surface area is 89.6 Å². The van der Waals surface area contributed by atoms with Crippen LogP contribution in [0.3, 0.4) is 0 Å². The number of hydrogen-bond acceptors (Lipinski definition) is 1. The first-order valence-corrected chi connectivity index (χ1v) is 5.10. The molecule has 0 N–H and O–H groups in total. The second-order valence-corrected chi connectivity index (χ2v) is 4.51. The predicted octanol–water partition coefficient (Wildman–Crippen LogP) is 1.76. The number of rotatable bonds is 2. The van der Waals surface area contributed by atoms with Gasteiger partial charge in [0.25, 0.3) is 0 Å². The summed E-state index contributed by atoms with van der Waals surface area (Å²) >= 11 is 0.709. The molecule has 3 radical (unpaired) electrons. The van der Waals surface area contributed by atoms with Crippen molar-refractivity contribution in [2.24, 2.45) is 4.99 Å². The molecule has 0 spiro atoms. The Hall–Kier alpha value is 0.0587. The Balaban J connectivity index is 4.19. The van der Waals surface area contributed by atoms with Gasteiger partial charge in [0.05, 0.1) is 0 Å². The summed E-state index contributed by atoms with van der Waals surface area (Å²) in [7, 11) is 0. The molecule has 0 aromatic heterocycles. The summed E-state index contributed by atoms with van der Waals surface area (Å²) in [6.07, 6.45) is -4.14. The van der Waals surface area contributed by atoms with Crippen LogP contribution in [0.4, 0.5) is 13.2 Å². The average molecular weight is 300 g/mol. The van der Waals surface area contributed by atoms with Crippen LogP contribution in [-0.4, -0.2) is 50.5 Å². The van der Waals surface area contributed by atoms with Crippen LogP contribution in [0.15, 0.2) is 4.99 Å². The van der Waals surface area contributed by atoms with E-state index < -0.39 is 12.7 Å². The zero-order chi connectivity index (χ0) is 10.6. The Bertz CT molecular complexity index is 189. The van der Waals surface area contributed by atoms with Crippen molar-refractivity contribution in [1.82, 2.24) is 3.12 Å². The summed E-state index contributed by atoms with van der Waals surface area (Å²) in [5.74, 6) is 0.450. The second kappa shape index (κ2) is 5.07. The molecule has 0 fully saturated rings. The fourth-order valence-electron chi connectivity index (χ4n) is 0.737. The van der Waals surface area contributed by atoms with E-state index in [-0.39, 0.29) is 6.04 Å². The maximum atomic E-state index is 11.9. The van der Waals surface area contributed by atoms with Gasteiger partial charge >= 0.3 is 89.5 Å². The van der Waals surface area contributed by atoms with Crippen molar-refractivity contribution < 1.29 is 13.2 Å². The van der Waals surface area contributed by atoms with E-state index in [2.05, 4.69) is 4.99 Å². The van der Waals surface area contributed by atoms with Crippen LogP contribution in [0.25, 0.3) is 0 Å². The van der Waals surface area contributed by atoms with Crippen LogP contribution < -0.4 is 0 Å². The molecular weight excluding hydrogens is 288 g/mol. The third-order valence-corrected chi connectivity index (χ3v) is 2.55. The molecule has 75 valence electrons. The van der Waals surface area contributed by atoms with Gasteiger partial charge in [-0.1, -0.05) is 0 Å².